The lowest BCUT2D eigenvalue weighted by molar-refractivity contribution is -0.114. The van der Waals surface area contributed by atoms with Gasteiger partial charge in [0, 0.05) is 30.5 Å². The first-order valence-electron chi connectivity index (χ1n) is 8.32. The van der Waals surface area contributed by atoms with E-state index >= 15 is 0 Å². The fraction of sp³-hybridized carbons (Fsp3) is 0.158. The molecule has 0 bridgehead atoms. The van der Waals surface area contributed by atoms with E-state index in [-0.39, 0.29) is 5.91 Å². The van der Waals surface area contributed by atoms with E-state index in [2.05, 4.69) is 37.6 Å². The summed E-state index contributed by atoms with van der Waals surface area (Å²) in [5, 5.41) is 14.0. The number of nitrogens with zero attached hydrogens (tertiary/aromatic N) is 4. The first-order valence-corrected chi connectivity index (χ1v) is 8.32. The minimum absolute atomic E-state index is 0.105. The van der Waals surface area contributed by atoms with Crippen LogP contribution >= 0.6 is 0 Å². The molecule has 2 N–H and O–H groups in total. The minimum atomic E-state index is -0.105. The number of amides is 1. The Morgan fingerprint density at radius 2 is 1.73 bits per heavy atom. The van der Waals surface area contributed by atoms with Crippen molar-refractivity contribution in [2.45, 2.75) is 13.8 Å². The molecule has 7 nitrogen and oxygen atoms in total. The first kappa shape index (κ1) is 17.3. The van der Waals surface area contributed by atoms with Crippen molar-refractivity contribution in [3.8, 4) is 0 Å². The number of nitrogens with one attached hydrogen (secondary N) is 2. The highest BCUT2D eigenvalue weighted by molar-refractivity contribution is 5.88. The van der Waals surface area contributed by atoms with Crippen molar-refractivity contribution in [2.75, 3.05) is 22.1 Å². The van der Waals surface area contributed by atoms with Crippen LogP contribution in [0, 0.1) is 0 Å². The van der Waals surface area contributed by atoms with Gasteiger partial charge in [0.15, 0.2) is 5.82 Å². The van der Waals surface area contributed by atoms with Gasteiger partial charge in [0.05, 0.1) is 6.20 Å². The van der Waals surface area contributed by atoms with Gasteiger partial charge < -0.3 is 15.5 Å². The third-order valence-electron chi connectivity index (χ3n) is 3.67. The highest BCUT2D eigenvalue weighted by Gasteiger charge is 2.10. The Labute approximate surface area is 152 Å². The molecular weight excluding hydrogens is 328 g/mol. The second-order valence-electron chi connectivity index (χ2n) is 5.60. The summed E-state index contributed by atoms with van der Waals surface area (Å²) in [6, 6.07) is 17.3. The van der Waals surface area contributed by atoms with E-state index < -0.39 is 0 Å². The van der Waals surface area contributed by atoms with Gasteiger partial charge >= 0.3 is 0 Å². The van der Waals surface area contributed by atoms with Gasteiger partial charge in [-0.05, 0) is 43.3 Å². The Kier molecular flexibility index (Phi) is 5.38. The molecule has 0 spiro atoms. The molecule has 132 valence electrons. The van der Waals surface area contributed by atoms with Gasteiger partial charge in [-0.2, -0.15) is 10.1 Å². The topological polar surface area (TPSA) is 83.0 Å². The van der Waals surface area contributed by atoms with Crippen molar-refractivity contribution in [1.82, 2.24) is 15.2 Å². The number of hydrogen-bond acceptors (Lipinski definition) is 6. The van der Waals surface area contributed by atoms with E-state index in [1.165, 1.54) is 6.92 Å². The molecule has 0 aliphatic carbocycles. The maximum atomic E-state index is 11.1. The summed E-state index contributed by atoms with van der Waals surface area (Å²) in [4.78, 5) is 17.7. The maximum Gasteiger partial charge on any atom is 0.249 e. The third kappa shape index (κ3) is 4.32. The van der Waals surface area contributed by atoms with Crippen molar-refractivity contribution in [3.05, 3.63) is 60.8 Å². The summed E-state index contributed by atoms with van der Waals surface area (Å²) in [6.45, 7) is 4.29. The zero-order valence-corrected chi connectivity index (χ0v) is 14.7. The molecule has 26 heavy (non-hydrogen) atoms. The van der Waals surface area contributed by atoms with Crippen molar-refractivity contribution < 1.29 is 4.79 Å². The average Bonchev–Trinajstić information content (AvgIpc) is 2.65. The Bertz CT molecular complexity index is 867. The summed E-state index contributed by atoms with van der Waals surface area (Å²) in [5.74, 6) is 1.02. The Morgan fingerprint density at radius 3 is 2.38 bits per heavy atom. The number of rotatable bonds is 6. The molecule has 0 saturated heterocycles. The van der Waals surface area contributed by atoms with Crippen molar-refractivity contribution in [2.24, 2.45) is 0 Å². The fourth-order valence-electron chi connectivity index (χ4n) is 2.53. The lowest BCUT2D eigenvalue weighted by Crippen LogP contribution is -2.18. The minimum Gasteiger partial charge on any atom is -0.326 e. The maximum absolute atomic E-state index is 11.1. The van der Waals surface area contributed by atoms with Gasteiger partial charge in [-0.15, -0.1) is 5.10 Å². The molecule has 1 aromatic heterocycles. The molecular formula is C19H20N6O. The van der Waals surface area contributed by atoms with E-state index in [0.717, 1.165) is 23.6 Å². The molecule has 0 saturated carbocycles. The van der Waals surface area contributed by atoms with E-state index in [1.54, 1.807) is 6.20 Å². The number of para-hydroxylation sites is 1. The highest BCUT2D eigenvalue weighted by Crippen LogP contribution is 2.23. The molecule has 0 fully saturated rings. The second-order valence-corrected chi connectivity index (χ2v) is 5.60. The monoisotopic (exact) mass is 348 g/mol. The van der Waals surface area contributed by atoms with Crippen LogP contribution in [0.1, 0.15) is 13.8 Å². The van der Waals surface area contributed by atoms with Gasteiger partial charge in [-0.25, -0.2) is 0 Å². The quantitative estimate of drug-likeness (QED) is 0.706. The number of aromatic nitrogens is 3. The summed E-state index contributed by atoms with van der Waals surface area (Å²) in [7, 11) is 0. The van der Waals surface area contributed by atoms with Crippen LogP contribution in [0.25, 0.3) is 0 Å². The molecule has 1 amide bonds. The van der Waals surface area contributed by atoms with E-state index in [1.807, 2.05) is 54.6 Å². The second kappa shape index (κ2) is 8.06. The summed E-state index contributed by atoms with van der Waals surface area (Å²) < 4.78 is 0. The Hall–Kier alpha value is -3.48. The molecule has 0 aliphatic rings. The highest BCUT2D eigenvalue weighted by atomic mass is 16.1. The van der Waals surface area contributed by atoms with Gasteiger partial charge in [-0.1, -0.05) is 18.2 Å². The standard InChI is InChI=1S/C19H20N6O/c1-3-25(17-7-5-4-6-8-17)18-13-20-24-19(23-18)22-16-11-9-15(10-12-16)21-14(2)26/h4-13H,3H2,1-2H3,(H,21,26)(H,22,23,24). The van der Waals surface area contributed by atoms with Crippen LogP contribution in [0.4, 0.5) is 28.8 Å². The van der Waals surface area contributed by atoms with E-state index in [0.29, 0.717) is 11.8 Å². The number of carbonyl (C=O) groups excluding carboxylic acids is 1. The molecule has 0 aliphatic heterocycles. The van der Waals surface area contributed by atoms with Crippen LogP contribution in [0.5, 0.6) is 0 Å². The van der Waals surface area contributed by atoms with E-state index in [4.69, 9.17) is 0 Å². The van der Waals surface area contributed by atoms with Crippen LogP contribution in [0.3, 0.4) is 0 Å². The van der Waals surface area contributed by atoms with Gasteiger partial charge in [0.25, 0.3) is 0 Å². The van der Waals surface area contributed by atoms with Crippen molar-refractivity contribution >= 4 is 34.7 Å². The Morgan fingerprint density at radius 1 is 1.04 bits per heavy atom. The molecule has 0 atom stereocenters. The van der Waals surface area contributed by atoms with Crippen LogP contribution < -0.4 is 15.5 Å². The summed E-state index contributed by atoms with van der Waals surface area (Å²) in [5.41, 5.74) is 2.58. The molecule has 2 aromatic carbocycles. The first-order chi connectivity index (χ1) is 12.7. The van der Waals surface area contributed by atoms with Crippen LogP contribution in [0.2, 0.25) is 0 Å². The van der Waals surface area contributed by atoms with Crippen LogP contribution in [0.15, 0.2) is 60.8 Å². The number of carbonyl (C=O) groups is 1. The lowest BCUT2D eigenvalue weighted by Gasteiger charge is -2.21. The number of anilines is 5. The molecule has 1 heterocycles. The van der Waals surface area contributed by atoms with Crippen molar-refractivity contribution in [1.29, 1.82) is 0 Å². The zero-order valence-electron chi connectivity index (χ0n) is 14.7. The molecule has 0 unspecified atom stereocenters. The van der Waals surface area contributed by atoms with Crippen LogP contribution in [-0.4, -0.2) is 27.6 Å². The van der Waals surface area contributed by atoms with Gasteiger partial charge in [0.2, 0.25) is 11.9 Å². The normalized spacial score (nSPS) is 10.2. The number of hydrogen-bond donors (Lipinski definition) is 2. The molecule has 3 rings (SSSR count). The lowest BCUT2D eigenvalue weighted by atomic mass is 10.3. The van der Waals surface area contributed by atoms with Gasteiger partial charge in [-0.3, -0.25) is 4.79 Å². The zero-order chi connectivity index (χ0) is 18.4. The fourth-order valence-corrected chi connectivity index (χ4v) is 2.53. The third-order valence-corrected chi connectivity index (χ3v) is 3.67. The summed E-state index contributed by atoms with van der Waals surface area (Å²) in [6.07, 6.45) is 1.64. The Balaban J connectivity index is 1.77. The predicted octanol–water partition coefficient (Wildman–Crippen LogP) is 3.73. The predicted molar refractivity (Wildman–Crippen MR) is 103 cm³/mol. The van der Waals surface area contributed by atoms with Crippen molar-refractivity contribution in [3.63, 3.8) is 0 Å². The molecule has 3 aromatic rings. The van der Waals surface area contributed by atoms with Crippen LogP contribution in [-0.2, 0) is 4.79 Å². The molecule has 7 heteroatoms. The summed E-state index contributed by atoms with van der Waals surface area (Å²) >= 11 is 0. The smallest absolute Gasteiger partial charge is 0.249 e. The van der Waals surface area contributed by atoms with E-state index in [9.17, 15) is 4.79 Å². The number of benzene rings is 2. The average molecular weight is 348 g/mol. The SMILES string of the molecule is CCN(c1ccccc1)c1cnnc(Nc2ccc(NC(C)=O)cc2)n1. The van der Waals surface area contributed by atoms with Gasteiger partial charge in [0.1, 0.15) is 0 Å². The molecule has 0 radical (unpaired) electrons. The largest absolute Gasteiger partial charge is 0.326 e.